The first-order valence-corrected chi connectivity index (χ1v) is 7.81. The largest absolute Gasteiger partial charge is 0.392 e. The number of aliphatic hydroxyl groups excluding tert-OH is 2. The molecule has 0 amide bonds. The van der Waals surface area contributed by atoms with Gasteiger partial charge in [-0.3, -0.25) is 0 Å². The minimum atomic E-state index is -0.506. The normalized spacial score (nSPS) is 13.2. The van der Waals surface area contributed by atoms with Gasteiger partial charge in [-0.1, -0.05) is 31.8 Å². The Hall–Kier alpha value is -0.760. The Morgan fingerprint density at radius 2 is 1.28 bits per heavy atom. The summed E-state index contributed by atoms with van der Waals surface area (Å²) in [5.41, 5.74) is 16.1. The molecule has 0 aromatic heterocycles. The van der Waals surface area contributed by atoms with E-state index in [1.165, 1.54) is 21.6 Å². The van der Waals surface area contributed by atoms with Crippen LogP contribution in [0.1, 0.15) is 12.8 Å². The number of aliphatic hydroxyl groups is 2. The van der Waals surface area contributed by atoms with Gasteiger partial charge in [-0.25, -0.2) is 0 Å². The predicted molar refractivity (Wildman–Crippen MR) is 74.2 cm³/mol. The third-order valence-corrected chi connectivity index (χ3v) is 4.38. The van der Waals surface area contributed by atoms with Gasteiger partial charge in [0.05, 0.1) is 12.2 Å². The van der Waals surface area contributed by atoms with Crippen molar-refractivity contribution in [2.24, 2.45) is 10.2 Å². The van der Waals surface area contributed by atoms with E-state index in [0.717, 1.165) is 0 Å². The van der Waals surface area contributed by atoms with Gasteiger partial charge >= 0.3 is 0 Å². The summed E-state index contributed by atoms with van der Waals surface area (Å²) in [4.78, 5) is 5.19. The first kappa shape index (κ1) is 17.2. The van der Waals surface area contributed by atoms with Crippen LogP contribution >= 0.6 is 21.6 Å². The highest BCUT2D eigenvalue weighted by atomic mass is 33.1. The van der Waals surface area contributed by atoms with E-state index in [1.54, 1.807) is 0 Å². The maximum Gasteiger partial charge on any atom is 0.0640 e. The molecule has 0 fully saturated rings. The average Bonchev–Trinajstić information content (AvgIpc) is 2.35. The standard InChI is InChI=1S/C8H16N6O2S2/c9-13-11-3-1-7(15)5-17-18-6-8(16)2-4-12-14-10/h7-8,15-16H,1-6H2. The van der Waals surface area contributed by atoms with E-state index in [-0.39, 0.29) is 13.1 Å². The summed E-state index contributed by atoms with van der Waals surface area (Å²) in [5.74, 6) is 1.05. The molecule has 0 radical (unpaired) electrons. The van der Waals surface area contributed by atoms with E-state index in [1.807, 2.05) is 0 Å². The molecule has 0 aliphatic heterocycles. The molecule has 0 spiro atoms. The van der Waals surface area contributed by atoms with Crippen LogP contribution in [0.15, 0.2) is 10.2 Å². The van der Waals surface area contributed by atoms with Gasteiger partial charge < -0.3 is 10.2 Å². The van der Waals surface area contributed by atoms with Crippen molar-refractivity contribution in [1.82, 2.24) is 0 Å². The lowest BCUT2D eigenvalue weighted by atomic mass is 10.3. The zero-order valence-electron chi connectivity index (χ0n) is 9.79. The van der Waals surface area contributed by atoms with E-state index in [4.69, 9.17) is 11.1 Å². The second kappa shape index (κ2) is 12.7. The van der Waals surface area contributed by atoms with Gasteiger partial charge in [0.15, 0.2) is 0 Å². The zero-order valence-corrected chi connectivity index (χ0v) is 11.4. The molecule has 10 heteroatoms. The summed E-state index contributed by atoms with van der Waals surface area (Å²) < 4.78 is 0. The Labute approximate surface area is 113 Å². The molecular weight excluding hydrogens is 276 g/mol. The minimum absolute atomic E-state index is 0.289. The van der Waals surface area contributed by atoms with Gasteiger partial charge in [-0.2, -0.15) is 0 Å². The molecule has 2 N–H and O–H groups in total. The third kappa shape index (κ3) is 11.7. The van der Waals surface area contributed by atoms with Gasteiger partial charge in [-0.15, -0.1) is 0 Å². The summed E-state index contributed by atoms with van der Waals surface area (Å²) in [6.45, 7) is 0.579. The lowest BCUT2D eigenvalue weighted by Gasteiger charge is -2.10. The van der Waals surface area contributed by atoms with E-state index in [2.05, 4.69) is 20.1 Å². The van der Waals surface area contributed by atoms with Crippen LogP contribution in [0.3, 0.4) is 0 Å². The van der Waals surface area contributed by atoms with Crippen molar-refractivity contribution in [2.75, 3.05) is 24.6 Å². The Morgan fingerprint density at radius 3 is 1.61 bits per heavy atom. The summed E-state index contributed by atoms with van der Waals surface area (Å²) in [6, 6.07) is 0. The first-order valence-electron chi connectivity index (χ1n) is 5.33. The van der Waals surface area contributed by atoms with Crippen LogP contribution in [-0.4, -0.2) is 47.0 Å². The fourth-order valence-corrected chi connectivity index (χ4v) is 3.28. The van der Waals surface area contributed by atoms with E-state index in [0.29, 0.717) is 24.3 Å². The summed E-state index contributed by atoms with van der Waals surface area (Å²) in [7, 11) is 2.91. The van der Waals surface area contributed by atoms with Crippen LogP contribution in [0.2, 0.25) is 0 Å². The molecule has 102 valence electrons. The lowest BCUT2D eigenvalue weighted by Crippen LogP contribution is -2.12. The van der Waals surface area contributed by atoms with Crippen LogP contribution < -0.4 is 0 Å². The Balaban J connectivity index is 3.42. The second-order valence-corrected chi connectivity index (χ2v) is 5.92. The third-order valence-electron chi connectivity index (χ3n) is 1.86. The maximum absolute atomic E-state index is 9.48. The van der Waals surface area contributed by atoms with Gasteiger partial charge in [0.2, 0.25) is 0 Å². The molecule has 2 unspecified atom stereocenters. The Bertz CT molecular complexity index is 276. The van der Waals surface area contributed by atoms with Crippen LogP contribution in [0.25, 0.3) is 20.9 Å². The highest BCUT2D eigenvalue weighted by Gasteiger charge is 2.06. The van der Waals surface area contributed by atoms with Crippen LogP contribution in [0.4, 0.5) is 0 Å². The summed E-state index contributed by atoms with van der Waals surface area (Å²) >= 11 is 0. The fourth-order valence-electron chi connectivity index (χ4n) is 0.923. The van der Waals surface area contributed by atoms with Crippen LogP contribution in [0, 0.1) is 0 Å². The number of rotatable bonds is 11. The summed E-state index contributed by atoms with van der Waals surface area (Å²) in [5, 5.41) is 25.6. The molecule has 0 bridgehead atoms. The molecule has 2 atom stereocenters. The van der Waals surface area contributed by atoms with Crippen molar-refractivity contribution in [3.05, 3.63) is 20.9 Å². The lowest BCUT2D eigenvalue weighted by molar-refractivity contribution is 0.191. The predicted octanol–water partition coefficient (Wildman–Crippen LogP) is 2.49. The Kier molecular flexibility index (Phi) is 12.2. The number of azide groups is 2. The van der Waals surface area contributed by atoms with E-state index in [9.17, 15) is 10.2 Å². The second-order valence-electron chi connectivity index (χ2n) is 3.36. The van der Waals surface area contributed by atoms with E-state index < -0.39 is 12.2 Å². The fraction of sp³-hybridized carbons (Fsp3) is 1.00. The highest BCUT2D eigenvalue weighted by Crippen LogP contribution is 2.24. The molecule has 0 aliphatic carbocycles. The molecule has 0 aromatic rings. The molecule has 0 rings (SSSR count). The highest BCUT2D eigenvalue weighted by molar-refractivity contribution is 8.76. The van der Waals surface area contributed by atoms with Crippen LogP contribution in [-0.2, 0) is 0 Å². The molecular formula is C8H16N6O2S2. The monoisotopic (exact) mass is 292 g/mol. The van der Waals surface area contributed by atoms with Gasteiger partial charge in [0.25, 0.3) is 0 Å². The SMILES string of the molecule is [N-]=[N+]=NCCC(O)CSSCC(O)CCN=[N+]=[N-]. The van der Waals surface area contributed by atoms with Gasteiger partial charge in [-0.05, 0) is 23.9 Å². The minimum Gasteiger partial charge on any atom is -0.392 e. The van der Waals surface area contributed by atoms with Crippen molar-refractivity contribution >= 4 is 21.6 Å². The molecule has 0 aliphatic rings. The molecule has 8 nitrogen and oxygen atoms in total. The Morgan fingerprint density at radius 1 is 0.889 bits per heavy atom. The number of hydrogen-bond acceptors (Lipinski definition) is 6. The molecule has 0 saturated carbocycles. The number of hydrogen-bond donors (Lipinski definition) is 2. The molecule has 0 saturated heterocycles. The zero-order chi connectivity index (χ0) is 13.6. The molecule has 18 heavy (non-hydrogen) atoms. The maximum atomic E-state index is 9.48. The van der Waals surface area contributed by atoms with Crippen LogP contribution in [0.5, 0.6) is 0 Å². The topological polar surface area (TPSA) is 138 Å². The smallest absolute Gasteiger partial charge is 0.0640 e. The van der Waals surface area contributed by atoms with Crippen molar-refractivity contribution in [2.45, 2.75) is 25.0 Å². The van der Waals surface area contributed by atoms with Crippen molar-refractivity contribution in [3.63, 3.8) is 0 Å². The van der Waals surface area contributed by atoms with Gasteiger partial charge in [0, 0.05) is 34.4 Å². The quantitative estimate of drug-likeness (QED) is 0.198. The first-order chi connectivity index (χ1) is 8.70. The average molecular weight is 292 g/mol. The van der Waals surface area contributed by atoms with Gasteiger partial charge in [0.1, 0.15) is 0 Å². The molecule has 0 aromatic carbocycles. The summed E-state index contributed by atoms with van der Waals surface area (Å²) in [6.07, 6.45) is -0.129. The van der Waals surface area contributed by atoms with Crippen molar-refractivity contribution in [3.8, 4) is 0 Å². The molecule has 0 heterocycles. The van der Waals surface area contributed by atoms with Crippen molar-refractivity contribution < 1.29 is 10.2 Å². The van der Waals surface area contributed by atoms with Crippen molar-refractivity contribution in [1.29, 1.82) is 0 Å². The van der Waals surface area contributed by atoms with E-state index >= 15 is 0 Å². The number of nitrogens with zero attached hydrogens (tertiary/aromatic N) is 6.